The van der Waals surface area contributed by atoms with E-state index in [0.29, 0.717) is 29.3 Å². The van der Waals surface area contributed by atoms with Crippen LogP contribution in [0, 0.1) is 5.82 Å². The fourth-order valence-corrected chi connectivity index (χ4v) is 3.35. The Morgan fingerprint density at radius 2 is 2.04 bits per heavy atom. The average Bonchev–Trinajstić information content (AvgIpc) is 3.02. The number of carbonyl (C=O) groups is 1. The van der Waals surface area contributed by atoms with Gasteiger partial charge in [0.2, 0.25) is 0 Å². The molecule has 3 rings (SSSR count). The molecule has 0 radical (unpaired) electrons. The number of para-hydroxylation sites is 1. The number of benzene rings is 2. The lowest BCUT2D eigenvalue weighted by Gasteiger charge is -2.19. The molecular formula is C20H23FN2O2. The Morgan fingerprint density at radius 3 is 2.72 bits per heavy atom. The molecule has 2 N–H and O–H groups in total. The molecule has 1 saturated heterocycles. The van der Waals surface area contributed by atoms with Crippen molar-refractivity contribution < 1.29 is 14.3 Å². The second-order valence-corrected chi connectivity index (χ2v) is 6.53. The van der Waals surface area contributed by atoms with E-state index in [0.717, 1.165) is 13.0 Å². The summed E-state index contributed by atoms with van der Waals surface area (Å²) in [7, 11) is 2.13. The molecule has 1 fully saturated rings. The predicted molar refractivity (Wildman–Crippen MR) is 96.1 cm³/mol. The van der Waals surface area contributed by atoms with E-state index in [9.17, 15) is 14.3 Å². The van der Waals surface area contributed by atoms with E-state index in [-0.39, 0.29) is 11.7 Å². The lowest BCUT2D eigenvalue weighted by atomic mass is 10.0. The quantitative estimate of drug-likeness (QED) is 0.875. The summed E-state index contributed by atoms with van der Waals surface area (Å²) in [4.78, 5) is 14.6. The lowest BCUT2D eigenvalue weighted by molar-refractivity contribution is 0.0950. The molecule has 132 valence electrons. The number of halogens is 1. The molecule has 1 aliphatic rings. The molecule has 1 amide bonds. The first-order chi connectivity index (χ1) is 12.1. The van der Waals surface area contributed by atoms with Gasteiger partial charge in [-0.3, -0.25) is 4.79 Å². The fraction of sp³-hybridized carbons (Fsp3) is 0.350. The van der Waals surface area contributed by atoms with Crippen LogP contribution in [0.1, 0.15) is 29.6 Å². The molecule has 2 aromatic carbocycles. The van der Waals surface area contributed by atoms with E-state index in [1.165, 1.54) is 18.9 Å². The van der Waals surface area contributed by atoms with Gasteiger partial charge in [0, 0.05) is 23.7 Å². The number of hydrogen-bond donors (Lipinski definition) is 2. The zero-order valence-corrected chi connectivity index (χ0v) is 14.3. The Kier molecular flexibility index (Phi) is 5.34. The van der Waals surface area contributed by atoms with E-state index in [1.54, 1.807) is 36.4 Å². The van der Waals surface area contributed by atoms with Gasteiger partial charge in [-0.05, 0) is 56.6 Å². The molecule has 0 spiro atoms. The molecule has 5 heteroatoms. The molecule has 2 aromatic rings. The minimum absolute atomic E-state index is 0.115. The van der Waals surface area contributed by atoms with Crippen molar-refractivity contribution in [2.75, 3.05) is 20.1 Å². The second kappa shape index (κ2) is 7.66. The van der Waals surface area contributed by atoms with Crippen molar-refractivity contribution in [1.82, 2.24) is 10.2 Å². The van der Waals surface area contributed by atoms with E-state index in [1.807, 2.05) is 0 Å². The van der Waals surface area contributed by atoms with Crippen LogP contribution in [0.2, 0.25) is 0 Å². The third kappa shape index (κ3) is 3.99. The standard InChI is InChI=1S/C20H23FN2O2/c1-23-13-3-4-16(23)11-12-22-20(25)15-9-7-14(8-10-15)17-5-2-6-18(21)19(17)24/h2,5-10,16,24H,3-4,11-13H2,1H3,(H,22,25)/t16-/m0/s1. The van der Waals surface area contributed by atoms with Gasteiger partial charge in [-0.25, -0.2) is 4.39 Å². The van der Waals surface area contributed by atoms with E-state index in [2.05, 4.69) is 17.3 Å². The Morgan fingerprint density at radius 1 is 1.28 bits per heavy atom. The summed E-state index contributed by atoms with van der Waals surface area (Å²) in [5, 5.41) is 12.8. The summed E-state index contributed by atoms with van der Waals surface area (Å²) in [5.41, 5.74) is 1.64. The number of hydrogen-bond acceptors (Lipinski definition) is 3. The minimum atomic E-state index is -0.656. The Labute approximate surface area is 147 Å². The molecule has 25 heavy (non-hydrogen) atoms. The first kappa shape index (κ1) is 17.4. The normalized spacial score (nSPS) is 17.6. The third-order valence-corrected chi connectivity index (χ3v) is 4.88. The summed E-state index contributed by atoms with van der Waals surface area (Å²) in [6.45, 7) is 1.78. The molecule has 1 heterocycles. The number of rotatable bonds is 5. The van der Waals surface area contributed by atoms with Crippen molar-refractivity contribution in [2.45, 2.75) is 25.3 Å². The molecule has 0 bridgehead atoms. The summed E-state index contributed by atoms with van der Waals surface area (Å²) < 4.78 is 13.4. The Balaban J connectivity index is 1.60. The maximum atomic E-state index is 13.4. The van der Waals surface area contributed by atoms with Gasteiger partial charge in [-0.1, -0.05) is 24.3 Å². The van der Waals surface area contributed by atoms with Crippen LogP contribution < -0.4 is 5.32 Å². The van der Waals surface area contributed by atoms with Crippen LogP contribution >= 0.6 is 0 Å². The van der Waals surface area contributed by atoms with Crippen LogP contribution in [-0.2, 0) is 0 Å². The van der Waals surface area contributed by atoms with Gasteiger partial charge in [0.25, 0.3) is 5.91 Å². The molecule has 4 nitrogen and oxygen atoms in total. The van der Waals surface area contributed by atoms with Crippen molar-refractivity contribution in [2.24, 2.45) is 0 Å². The number of nitrogens with one attached hydrogen (secondary N) is 1. The smallest absolute Gasteiger partial charge is 0.251 e. The average molecular weight is 342 g/mol. The van der Waals surface area contributed by atoms with Crippen molar-refractivity contribution >= 4 is 5.91 Å². The number of nitrogens with zero attached hydrogens (tertiary/aromatic N) is 1. The van der Waals surface area contributed by atoms with E-state index < -0.39 is 5.82 Å². The van der Waals surface area contributed by atoms with Gasteiger partial charge in [-0.15, -0.1) is 0 Å². The highest BCUT2D eigenvalue weighted by molar-refractivity contribution is 5.94. The third-order valence-electron chi connectivity index (χ3n) is 4.88. The molecular weight excluding hydrogens is 319 g/mol. The van der Waals surface area contributed by atoms with Crippen molar-refractivity contribution in [3.8, 4) is 16.9 Å². The topological polar surface area (TPSA) is 52.6 Å². The summed E-state index contributed by atoms with van der Waals surface area (Å²) >= 11 is 0. The monoisotopic (exact) mass is 342 g/mol. The lowest BCUT2D eigenvalue weighted by Crippen LogP contribution is -2.31. The number of likely N-dealkylation sites (tertiary alicyclic amines) is 1. The summed E-state index contributed by atoms with van der Waals surface area (Å²) in [6, 6.07) is 11.8. The Hall–Kier alpha value is -2.40. The number of phenols is 1. The van der Waals surface area contributed by atoms with E-state index >= 15 is 0 Å². The zero-order chi connectivity index (χ0) is 17.8. The number of aromatic hydroxyl groups is 1. The second-order valence-electron chi connectivity index (χ2n) is 6.53. The van der Waals surface area contributed by atoms with Crippen LogP contribution in [0.4, 0.5) is 4.39 Å². The van der Waals surface area contributed by atoms with Crippen LogP contribution in [0.5, 0.6) is 5.75 Å². The predicted octanol–water partition coefficient (Wildman–Crippen LogP) is 3.41. The van der Waals surface area contributed by atoms with E-state index in [4.69, 9.17) is 0 Å². The highest BCUT2D eigenvalue weighted by Gasteiger charge is 2.20. The summed E-state index contributed by atoms with van der Waals surface area (Å²) in [6.07, 6.45) is 3.37. The van der Waals surface area contributed by atoms with Gasteiger partial charge in [0.1, 0.15) is 0 Å². The molecule has 1 aliphatic heterocycles. The number of amides is 1. The highest BCUT2D eigenvalue weighted by Crippen LogP contribution is 2.31. The van der Waals surface area contributed by atoms with Crippen LogP contribution in [0.25, 0.3) is 11.1 Å². The first-order valence-electron chi connectivity index (χ1n) is 8.62. The SMILES string of the molecule is CN1CCC[C@H]1CCNC(=O)c1ccc(-c2cccc(F)c2O)cc1. The first-order valence-corrected chi connectivity index (χ1v) is 8.62. The van der Waals surface area contributed by atoms with Crippen LogP contribution in [0.3, 0.4) is 0 Å². The molecule has 0 aliphatic carbocycles. The molecule has 1 atom stereocenters. The van der Waals surface area contributed by atoms with Crippen LogP contribution in [-0.4, -0.2) is 42.1 Å². The van der Waals surface area contributed by atoms with Crippen molar-refractivity contribution in [3.63, 3.8) is 0 Å². The highest BCUT2D eigenvalue weighted by atomic mass is 19.1. The minimum Gasteiger partial charge on any atom is -0.504 e. The molecule has 0 aromatic heterocycles. The van der Waals surface area contributed by atoms with Crippen LogP contribution in [0.15, 0.2) is 42.5 Å². The number of phenolic OH excluding ortho intramolecular Hbond substituents is 1. The maximum absolute atomic E-state index is 13.4. The molecule has 0 unspecified atom stereocenters. The summed E-state index contributed by atoms with van der Waals surface area (Å²) in [5.74, 6) is -1.15. The molecule has 0 saturated carbocycles. The number of carbonyl (C=O) groups excluding carboxylic acids is 1. The zero-order valence-electron chi connectivity index (χ0n) is 14.3. The maximum Gasteiger partial charge on any atom is 0.251 e. The van der Waals surface area contributed by atoms with Gasteiger partial charge in [0.05, 0.1) is 0 Å². The van der Waals surface area contributed by atoms with Gasteiger partial charge >= 0.3 is 0 Å². The van der Waals surface area contributed by atoms with Crippen molar-refractivity contribution in [3.05, 3.63) is 53.8 Å². The van der Waals surface area contributed by atoms with Gasteiger partial charge in [0.15, 0.2) is 11.6 Å². The fourth-order valence-electron chi connectivity index (χ4n) is 3.35. The largest absolute Gasteiger partial charge is 0.504 e. The van der Waals surface area contributed by atoms with Gasteiger partial charge < -0.3 is 15.3 Å². The Bertz CT molecular complexity index is 746. The van der Waals surface area contributed by atoms with Gasteiger partial charge in [-0.2, -0.15) is 0 Å². The van der Waals surface area contributed by atoms with Crippen molar-refractivity contribution in [1.29, 1.82) is 0 Å².